The number of nitrogens with zero attached hydrogens (tertiary/aromatic N) is 1. The summed E-state index contributed by atoms with van der Waals surface area (Å²) in [7, 11) is 0. The van der Waals surface area contributed by atoms with Crippen LogP contribution in [0.5, 0.6) is 0 Å². The number of nitrogens with one attached hydrogen (secondary N) is 1. The van der Waals surface area contributed by atoms with Crippen LogP contribution in [0.4, 0.5) is 11.4 Å². The SMILES string of the molecule is O=C(O)C1CCC(C(=O)Nc2cccc([N+](=O)[O-])c2)O1. The van der Waals surface area contributed by atoms with E-state index in [9.17, 15) is 19.7 Å². The zero-order chi connectivity index (χ0) is 14.7. The second kappa shape index (κ2) is 5.66. The van der Waals surface area contributed by atoms with Crippen LogP contribution in [0.25, 0.3) is 0 Å². The van der Waals surface area contributed by atoms with Crippen molar-refractivity contribution in [3.8, 4) is 0 Å². The molecule has 20 heavy (non-hydrogen) atoms. The third-order valence-electron chi connectivity index (χ3n) is 2.91. The number of amides is 1. The molecule has 0 aromatic heterocycles. The van der Waals surface area contributed by atoms with Crippen molar-refractivity contribution in [1.29, 1.82) is 0 Å². The lowest BCUT2D eigenvalue weighted by molar-refractivity contribution is -0.384. The fraction of sp³-hybridized carbons (Fsp3) is 0.333. The quantitative estimate of drug-likeness (QED) is 0.631. The Morgan fingerprint density at radius 1 is 1.35 bits per heavy atom. The predicted molar refractivity (Wildman–Crippen MR) is 67.3 cm³/mol. The molecular formula is C12H12N2O6. The molecule has 106 valence electrons. The molecule has 1 amide bonds. The molecule has 1 fully saturated rings. The topological polar surface area (TPSA) is 119 Å². The van der Waals surface area contributed by atoms with Crippen molar-refractivity contribution in [3.05, 3.63) is 34.4 Å². The Morgan fingerprint density at radius 3 is 2.65 bits per heavy atom. The molecule has 1 aromatic rings. The first-order valence-electron chi connectivity index (χ1n) is 5.91. The van der Waals surface area contributed by atoms with E-state index < -0.39 is 29.0 Å². The monoisotopic (exact) mass is 280 g/mol. The van der Waals surface area contributed by atoms with Gasteiger partial charge in [-0.3, -0.25) is 14.9 Å². The summed E-state index contributed by atoms with van der Waals surface area (Å²) in [4.78, 5) is 32.6. The van der Waals surface area contributed by atoms with Gasteiger partial charge in [0.2, 0.25) is 0 Å². The molecule has 2 unspecified atom stereocenters. The minimum absolute atomic E-state index is 0.140. The highest BCUT2D eigenvalue weighted by atomic mass is 16.6. The second-order valence-corrected chi connectivity index (χ2v) is 4.33. The van der Waals surface area contributed by atoms with E-state index in [-0.39, 0.29) is 17.8 Å². The van der Waals surface area contributed by atoms with Gasteiger partial charge >= 0.3 is 5.97 Å². The summed E-state index contributed by atoms with van der Waals surface area (Å²) in [5.41, 5.74) is 0.130. The molecule has 0 saturated carbocycles. The average molecular weight is 280 g/mol. The molecule has 0 bridgehead atoms. The minimum atomic E-state index is -1.10. The highest BCUT2D eigenvalue weighted by Crippen LogP contribution is 2.22. The van der Waals surface area contributed by atoms with Crippen LogP contribution < -0.4 is 5.32 Å². The molecule has 1 aliphatic heterocycles. The van der Waals surface area contributed by atoms with Crippen molar-refractivity contribution in [2.45, 2.75) is 25.0 Å². The maximum Gasteiger partial charge on any atom is 0.332 e. The van der Waals surface area contributed by atoms with Crippen molar-refractivity contribution in [2.24, 2.45) is 0 Å². The molecule has 1 aliphatic rings. The van der Waals surface area contributed by atoms with E-state index in [1.165, 1.54) is 24.3 Å². The normalized spacial score (nSPS) is 21.4. The molecule has 8 nitrogen and oxygen atoms in total. The lowest BCUT2D eigenvalue weighted by atomic mass is 10.2. The minimum Gasteiger partial charge on any atom is -0.479 e. The van der Waals surface area contributed by atoms with E-state index in [1.54, 1.807) is 0 Å². The fourth-order valence-electron chi connectivity index (χ4n) is 1.93. The van der Waals surface area contributed by atoms with Gasteiger partial charge in [0, 0.05) is 17.8 Å². The van der Waals surface area contributed by atoms with E-state index in [2.05, 4.69) is 5.32 Å². The van der Waals surface area contributed by atoms with E-state index >= 15 is 0 Å². The Balaban J connectivity index is 2.00. The molecule has 1 heterocycles. The van der Waals surface area contributed by atoms with Gasteiger partial charge in [-0.15, -0.1) is 0 Å². The van der Waals surface area contributed by atoms with Crippen LogP contribution in [-0.2, 0) is 14.3 Å². The van der Waals surface area contributed by atoms with Crippen LogP contribution in [-0.4, -0.2) is 34.1 Å². The Morgan fingerprint density at radius 2 is 2.05 bits per heavy atom. The van der Waals surface area contributed by atoms with Crippen LogP contribution in [0.3, 0.4) is 0 Å². The Labute approximate surface area is 113 Å². The van der Waals surface area contributed by atoms with Crippen LogP contribution in [0.2, 0.25) is 0 Å². The summed E-state index contributed by atoms with van der Waals surface area (Å²) in [5, 5.41) is 21.9. The van der Waals surface area contributed by atoms with Crippen molar-refractivity contribution in [1.82, 2.24) is 0 Å². The summed E-state index contributed by atoms with van der Waals surface area (Å²) >= 11 is 0. The van der Waals surface area contributed by atoms with Gasteiger partial charge in [0.1, 0.15) is 6.10 Å². The molecule has 0 radical (unpaired) electrons. The number of benzene rings is 1. The predicted octanol–water partition coefficient (Wildman–Crippen LogP) is 1.17. The molecule has 2 rings (SSSR count). The number of carboxylic acid groups (broad SMARTS) is 1. The number of nitro groups is 1. The van der Waals surface area contributed by atoms with Crippen LogP contribution in [0, 0.1) is 10.1 Å². The molecule has 2 atom stereocenters. The smallest absolute Gasteiger partial charge is 0.332 e. The third-order valence-corrected chi connectivity index (χ3v) is 2.91. The Kier molecular flexibility index (Phi) is 3.94. The van der Waals surface area contributed by atoms with Gasteiger partial charge in [-0.1, -0.05) is 6.07 Å². The Bertz CT molecular complexity index is 559. The van der Waals surface area contributed by atoms with E-state index in [0.29, 0.717) is 6.42 Å². The number of ether oxygens (including phenoxy) is 1. The van der Waals surface area contributed by atoms with Gasteiger partial charge in [0.25, 0.3) is 11.6 Å². The van der Waals surface area contributed by atoms with Crippen molar-refractivity contribution < 1.29 is 24.4 Å². The van der Waals surface area contributed by atoms with Gasteiger partial charge < -0.3 is 15.2 Å². The number of aliphatic carboxylic acids is 1. The number of hydrogen-bond acceptors (Lipinski definition) is 5. The van der Waals surface area contributed by atoms with Gasteiger partial charge in [0.15, 0.2) is 6.10 Å². The fourth-order valence-corrected chi connectivity index (χ4v) is 1.93. The van der Waals surface area contributed by atoms with Crippen molar-refractivity contribution in [3.63, 3.8) is 0 Å². The molecule has 0 aliphatic carbocycles. The first-order chi connectivity index (χ1) is 9.47. The van der Waals surface area contributed by atoms with Gasteiger partial charge in [0.05, 0.1) is 4.92 Å². The standard InChI is InChI=1S/C12H12N2O6/c15-11(9-4-5-10(20-9)12(16)17)13-7-2-1-3-8(6-7)14(18)19/h1-3,6,9-10H,4-5H2,(H,13,15)(H,16,17). The molecule has 0 spiro atoms. The number of carbonyl (C=O) groups is 2. The van der Waals surface area contributed by atoms with Crippen LogP contribution >= 0.6 is 0 Å². The van der Waals surface area contributed by atoms with E-state index in [0.717, 1.165) is 0 Å². The highest BCUT2D eigenvalue weighted by Gasteiger charge is 2.34. The summed E-state index contributed by atoms with van der Waals surface area (Å²) in [6.45, 7) is 0. The van der Waals surface area contributed by atoms with Gasteiger partial charge in [-0.2, -0.15) is 0 Å². The largest absolute Gasteiger partial charge is 0.479 e. The number of non-ortho nitro benzene ring substituents is 1. The average Bonchev–Trinajstić information content (AvgIpc) is 2.88. The number of anilines is 1. The van der Waals surface area contributed by atoms with Crippen molar-refractivity contribution >= 4 is 23.3 Å². The van der Waals surface area contributed by atoms with Crippen LogP contribution in [0.1, 0.15) is 12.8 Å². The maximum absolute atomic E-state index is 11.9. The maximum atomic E-state index is 11.9. The molecular weight excluding hydrogens is 268 g/mol. The number of carbonyl (C=O) groups excluding carboxylic acids is 1. The first-order valence-corrected chi connectivity index (χ1v) is 5.91. The van der Waals surface area contributed by atoms with Crippen LogP contribution in [0.15, 0.2) is 24.3 Å². The lowest BCUT2D eigenvalue weighted by Gasteiger charge is -2.11. The lowest BCUT2D eigenvalue weighted by Crippen LogP contribution is -2.29. The third kappa shape index (κ3) is 3.09. The number of nitro benzene ring substituents is 1. The Hall–Kier alpha value is -2.48. The second-order valence-electron chi connectivity index (χ2n) is 4.33. The molecule has 2 N–H and O–H groups in total. The van der Waals surface area contributed by atoms with Gasteiger partial charge in [-0.25, -0.2) is 4.79 Å². The molecule has 1 saturated heterocycles. The zero-order valence-corrected chi connectivity index (χ0v) is 10.3. The summed E-state index contributed by atoms with van der Waals surface area (Å²) < 4.78 is 5.09. The first kappa shape index (κ1) is 13.9. The number of rotatable bonds is 4. The summed E-state index contributed by atoms with van der Waals surface area (Å²) in [6.07, 6.45) is -1.26. The number of hydrogen-bond donors (Lipinski definition) is 2. The van der Waals surface area contributed by atoms with E-state index in [4.69, 9.17) is 9.84 Å². The molecule has 1 aromatic carbocycles. The zero-order valence-electron chi connectivity index (χ0n) is 10.3. The summed E-state index contributed by atoms with van der Waals surface area (Å²) in [5.74, 6) is -1.61. The highest BCUT2D eigenvalue weighted by molar-refractivity contribution is 5.95. The summed E-state index contributed by atoms with van der Waals surface area (Å²) in [6, 6.07) is 5.49. The molecule has 8 heteroatoms. The van der Waals surface area contributed by atoms with E-state index in [1.807, 2.05) is 0 Å². The number of carboxylic acids is 1. The van der Waals surface area contributed by atoms with Crippen molar-refractivity contribution in [2.75, 3.05) is 5.32 Å². The van der Waals surface area contributed by atoms with Gasteiger partial charge in [-0.05, 0) is 18.9 Å².